The molecule has 150 valence electrons. The zero-order chi connectivity index (χ0) is 20.3. The first-order valence-corrected chi connectivity index (χ1v) is 10.5. The number of likely N-dealkylation sites (tertiary alicyclic amines) is 1. The van der Waals surface area contributed by atoms with E-state index in [2.05, 4.69) is 27.9 Å². The molecule has 7 heteroatoms. The maximum absolute atomic E-state index is 13.0. The van der Waals surface area contributed by atoms with Crippen LogP contribution in [-0.2, 0) is 4.74 Å². The molecular weight excluding hydrogens is 469 g/mol. The summed E-state index contributed by atoms with van der Waals surface area (Å²) in [5, 5.41) is 2.91. The normalized spacial score (nSPS) is 15.4. The predicted molar refractivity (Wildman–Crippen MR) is 117 cm³/mol. The zero-order valence-corrected chi connectivity index (χ0v) is 18.6. The summed E-state index contributed by atoms with van der Waals surface area (Å²) in [6.07, 6.45) is 2.95. The van der Waals surface area contributed by atoms with E-state index in [1.54, 1.807) is 0 Å². The van der Waals surface area contributed by atoms with E-state index < -0.39 is 11.7 Å². The van der Waals surface area contributed by atoms with E-state index in [9.17, 15) is 9.59 Å². The monoisotopic (exact) mass is 495 g/mol. The number of ether oxygens (including phenoxy) is 1. The summed E-state index contributed by atoms with van der Waals surface area (Å²) in [5.74, 6) is 0.0135. The number of piperidine rings is 1. The molecule has 2 amide bonds. The minimum absolute atomic E-state index is 0.0135. The van der Waals surface area contributed by atoms with E-state index in [4.69, 9.17) is 4.74 Å². The molecular formula is C21H26IN3O3. The second kappa shape index (κ2) is 8.55. The molecule has 1 aromatic carbocycles. The topological polar surface area (TPSA) is 63.6 Å². The first-order chi connectivity index (χ1) is 13.2. The molecule has 1 aliphatic heterocycles. The van der Waals surface area contributed by atoms with Gasteiger partial charge in [-0.25, -0.2) is 4.79 Å². The number of nitrogens with one attached hydrogen (secondary N) is 1. The molecule has 0 aliphatic carbocycles. The van der Waals surface area contributed by atoms with Gasteiger partial charge in [-0.3, -0.25) is 4.79 Å². The Morgan fingerprint density at radius 3 is 2.50 bits per heavy atom. The molecule has 0 bridgehead atoms. The summed E-state index contributed by atoms with van der Waals surface area (Å²) in [7, 11) is 0. The molecule has 0 unspecified atom stereocenters. The van der Waals surface area contributed by atoms with Crippen molar-refractivity contribution in [3.63, 3.8) is 0 Å². The lowest BCUT2D eigenvalue weighted by Crippen LogP contribution is -2.47. The van der Waals surface area contributed by atoms with Gasteiger partial charge in [0.15, 0.2) is 0 Å². The molecule has 0 spiro atoms. The van der Waals surface area contributed by atoms with E-state index in [1.165, 1.54) is 0 Å². The lowest BCUT2D eigenvalue weighted by molar-refractivity contribution is 0.0473. The van der Waals surface area contributed by atoms with Gasteiger partial charge in [0.25, 0.3) is 5.91 Å². The van der Waals surface area contributed by atoms with Gasteiger partial charge in [0.05, 0.1) is 0 Å². The first-order valence-electron chi connectivity index (χ1n) is 9.45. The summed E-state index contributed by atoms with van der Waals surface area (Å²) in [4.78, 5) is 26.8. The number of hydrogen-bond donors (Lipinski definition) is 1. The molecule has 0 radical (unpaired) electrons. The van der Waals surface area contributed by atoms with Crippen LogP contribution in [0.4, 0.5) is 4.79 Å². The van der Waals surface area contributed by atoms with Crippen LogP contribution in [0.2, 0.25) is 0 Å². The molecule has 3 rings (SSSR count). The predicted octanol–water partition coefficient (Wildman–Crippen LogP) is 4.21. The largest absolute Gasteiger partial charge is 0.444 e. The quantitative estimate of drug-likeness (QED) is 0.650. The standard InChI is InChI=1S/C21H26IN3O3/c1-21(2,3)28-20(27)23-16-9-12-24(13-10-16)19(26)18-8-5-11-25(18)17-7-4-6-15(22)14-17/h4-8,11,14,16H,9-10,12-13H2,1-3H3,(H,23,27). The summed E-state index contributed by atoms with van der Waals surface area (Å²) in [5.41, 5.74) is 1.11. The van der Waals surface area contributed by atoms with E-state index in [1.807, 2.05) is 72.8 Å². The van der Waals surface area contributed by atoms with Crippen LogP contribution >= 0.6 is 22.6 Å². The second-order valence-corrected chi connectivity index (χ2v) is 9.20. The highest BCUT2D eigenvalue weighted by atomic mass is 127. The summed E-state index contributed by atoms with van der Waals surface area (Å²) >= 11 is 2.27. The maximum Gasteiger partial charge on any atom is 0.407 e. The smallest absolute Gasteiger partial charge is 0.407 e. The highest BCUT2D eigenvalue weighted by Crippen LogP contribution is 2.19. The Balaban J connectivity index is 1.61. The molecule has 1 aliphatic rings. The molecule has 2 aromatic rings. The second-order valence-electron chi connectivity index (χ2n) is 7.96. The van der Waals surface area contributed by atoms with Crippen LogP contribution < -0.4 is 5.32 Å². The number of halogens is 1. The van der Waals surface area contributed by atoms with Gasteiger partial charge in [0, 0.05) is 34.6 Å². The van der Waals surface area contributed by atoms with Crippen molar-refractivity contribution in [2.75, 3.05) is 13.1 Å². The van der Waals surface area contributed by atoms with Crippen LogP contribution in [0.3, 0.4) is 0 Å². The number of nitrogens with zero attached hydrogens (tertiary/aromatic N) is 2. The molecule has 0 saturated carbocycles. The van der Waals surface area contributed by atoms with Gasteiger partial charge in [-0.1, -0.05) is 6.07 Å². The van der Waals surface area contributed by atoms with Crippen LogP contribution in [-0.4, -0.2) is 46.2 Å². The van der Waals surface area contributed by atoms with Crippen molar-refractivity contribution in [2.45, 2.75) is 45.3 Å². The molecule has 1 N–H and O–H groups in total. The van der Waals surface area contributed by atoms with Crippen molar-refractivity contribution in [2.24, 2.45) is 0 Å². The number of benzene rings is 1. The van der Waals surface area contributed by atoms with Crippen molar-refractivity contribution in [1.29, 1.82) is 0 Å². The Hall–Kier alpha value is -2.03. The summed E-state index contributed by atoms with van der Waals surface area (Å²) in [6.45, 7) is 6.75. The highest BCUT2D eigenvalue weighted by Gasteiger charge is 2.27. The van der Waals surface area contributed by atoms with Crippen molar-refractivity contribution in [1.82, 2.24) is 14.8 Å². The van der Waals surface area contributed by atoms with E-state index >= 15 is 0 Å². The van der Waals surface area contributed by atoms with E-state index in [0.717, 1.165) is 22.1 Å². The van der Waals surface area contributed by atoms with Gasteiger partial charge >= 0.3 is 6.09 Å². The van der Waals surface area contributed by atoms with Gasteiger partial charge < -0.3 is 19.5 Å². The fourth-order valence-corrected chi connectivity index (χ4v) is 3.80. The van der Waals surface area contributed by atoms with Crippen LogP contribution in [0.15, 0.2) is 42.6 Å². The van der Waals surface area contributed by atoms with Crippen LogP contribution in [0.25, 0.3) is 5.69 Å². The highest BCUT2D eigenvalue weighted by molar-refractivity contribution is 14.1. The number of amides is 2. The average Bonchev–Trinajstić information content (AvgIpc) is 3.10. The fraction of sp³-hybridized carbons (Fsp3) is 0.429. The third-order valence-corrected chi connectivity index (χ3v) is 5.23. The van der Waals surface area contributed by atoms with Gasteiger partial charge in [-0.15, -0.1) is 0 Å². The van der Waals surface area contributed by atoms with Crippen molar-refractivity contribution >= 4 is 34.6 Å². The molecule has 1 fully saturated rings. The third-order valence-electron chi connectivity index (χ3n) is 4.56. The number of rotatable bonds is 3. The minimum Gasteiger partial charge on any atom is -0.444 e. The lowest BCUT2D eigenvalue weighted by Gasteiger charge is -2.33. The van der Waals surface area contributed by atoms with Gasteiger partial charge in [0.2, 0.25) is 0 Å². The summed E-state index contributed by atoms with van der Waals surface area (Å²) < 4.78 is 8.36. The van der Waals surface area contributed by atoms with E-state index in [-0.39, 0.29) is 11.9 Å². The molecule has 0 atom stereocenters. The Labute approximate surface area is 179 Å². The van der Waals surface area contributed by atoms with Crippen molar-refractivity contribution in [3.05, 3.63) is 51.9 Å². The molecule has 1 aromatic heterocycles. The first kappa shape index (κ1) is 20.7. The van der Waals surface area contributed by atoms with Crippen molar-refractivity contribution in [3.8, 4) is 5.69 Å². The molecule has 6 nitrogen and oxygen atoms in total. The van der Waals surface area contributed by atoms with Gasteiger partial charge in [-0.05, 0) is 86.5 Å². The number of carbonyl (C=O) groups is 2. The molecule has 1 saturated heterocycles. The van der Waals surface area contributed by atoms with Gasteiger partial charge in [0.1, 0.15) is 11.3 Å². The number of alkyl carbamates (subject to hydrolysis) is 1. The third kappa shape index (κ3) is 5.27. The summed E-state index contributed by atoms with van der Waals surface area (Å²) in [6, 6.07) is 11.8. The molecule has 28 heavy (non-hydrogen) atoms. The van der Waals surface area contributed by atoms with Crippen LogP contribution in [0, 0.1) is 3.57 Å². The van der Waals surface area contributed by atoms with Crippen LogP contribution in [0.1, 0.15) is 44.1 Å². The van der Waals surface area contributed by atoms with Gasteiger partial charge in [-0.2, -0.15) is 0 Å². The Bertz CT molecular complexity index is 849. The minimum atomic E-state index is -0.512. The maximum atomic E-state index is 13.0. The lowest BCUT2D eigenvalue weighted by atomic mass is 10.0. The number of aromatic nitrogens is 1. The number of hydrogen-bond acceptors (Lipinski definition) is 3. The average molecular weight is 495 g/mol. The van der Waals surface area contributed by atoms with Crippen LogP contribution in [0.5, 0.6) is 0 Å². The zero-order valence-electron chi connectivity index (χ0n) is 16.4. The van der Waals surface area contributed by atoms with E-state index in [0.29, 0.717) is 18.8 Å². The number of carbonyl (C=O) groups excluding carboxylic acids is 2. The van der Waals surface area contributed by atoms with Crippen molar-refractivity contribution < 1.29 is 14.3 Å². The molecule has 2 heterocycles. The Morgan fingerprint density at radius 1 is 1.14 bits per heavy atom. The Kier molecular flexibility index (Phi) is 6.32. The fourth-order valence-electron chi connectivity index (χ4n) is 3.27. The Morgan fingerprint density at radius 2 is 1.86 bits per heavy atom. The SMILES string of the molecule is CC(C)(C)OC(=O)NC1CCN(C(=O)c2cccn2-c2cccc(I)c2)CC1.